The largest absolute Gasteiger partial charge is 0.345 e. The molecule has 1 saturated heterocycles. The third kappa shape index (κ3) is 5.50. The Labute approximate surface area is 105 Å². The first kappa shape index (κ1) is 14.5. The van der Waals surface area contributed by atoms with Crippen molar-refractivity contribution in [3.63, 3.8) is 0 Å². The van der Waals surface area contributed by atoms with E-state index in [-0.39, 0.29) is 11.4 Å². The summed E-state index contributed by atoms with van der Waals surface area (Å²) < 4.78 is 0. The second-order valence-corrected chi connectivity index (χ2v) is 6.18. The fraction of sp³-hybridized carbons (Fsp3) is 0.923. The normalized spacial score (nSPS) is 21.8. The fourth-order valence-corrected chi connectivity index (χ4v) is 2.28. The second-order valence-electron chi connectivity index (χ2n) is 6.18. The summed E-state index contributed by atoms with van der Waals surface area (Å²) in [5, 5.41) is 0. The zero-order valence-electron chi connectivity index (χ0n) is 11.7. The van der Waals surface area contributed by atoms with Crippen LogP contribution in [-0.4, -0.2) is 55.0 Å². The van der Waals surface area contributed by atoms with Gasteiger partial charge >= 0.3 is 0 Å². The lowest BCUT2D eigenvalue weighted by atomic mass is 9.99. The van der Waals surface area contributed by atoms with Gasteiger partial charge in [-0.1, -0.05) is 0 Å². The Hall–Kier alpha value is -0.610. The van der Waals surface area contributed by atoms with Gasteiger partial charge in [0.05, 0.1) is 0 Å². The highest BCUT2D eigenvalue weighted by Crippen LogP contribution is 2.16. The number of rotatable bonds is 5. The fourth-order valence-electron chi connectivity index (χ4n) is 2.28. The molecule has 0 aliphatic carbocycles. The maximum Gasteiger partial charge on any atom is 0.222 e. The van der Waals surface area contributed by atoms with Crippen molar-refractivity contribution in [2.45, 2.75) is 38.6 Å². The first-order valence-electron chi connectivity index (χ1n) is 6.49. The van der Waals surface area contributed by atoms with E-state index in [2.05, 4.69) is 11.9 Å². The zero-order chi connectivity index (χ0) is 13.1. The van der Waals surface area contributed by atoms with Crippen LogP contribution in [0, 0.1) is 5.92 Å². The smallest absolute Gasteiger partial charge is 0.222 e. The third-order valence-electron chi connectivity index (χ3n) is 3.43. The summed E-state index contributed by atoms with van der Waals surface area (Å²) in [5.41, 5.74) is 5.64. The first-order valence-corrected chi connectivity index (χ1v) is 6.49. The van der Waals surface area contributed by atoms with Gasteiger partial charge in [0.15, 0.2) is 0 Å². The number of carbonyl (C=O) groups excluding carboxylic acids is 1. The molecule has 1 rings (SSSR count). The molecule has 1 heterocycles. The van der Waals surface area contributed by atoms with Crippen molar-refractivity contribution < 1.29 is 4.79 Å². The van der Waals surface area contributed by atoms with E-state index in [0.717, 1.165) is 26.1 Å². The quantitative estimate of drug-likeness (QED) is 0.778. The van der Waals surface area contributed by atoms with Gasteiger partial charge in [-0.3, -0.25) is 4.79 Å². The van der Waals surface area contributed by atoms with Gasteiger partial charge in [-0.05, 0) is 46.2 Å². The molecule has 0 saturated carbocycles. The Morgan fingerprint density at radius 2 is 2.18 bits per heavy atom. The first-order chi connectivity index (χ1) is 7.78. The summed E-state index contributed by atoms with van der Waals surface area (Å²) in [6.07, 6.45) is 2.51. The minimum Gasteiger partial charge on any atom is -0.345 e. The molecule has 1 unspecified atom stereocenters. The lowest BCUT2D eigenvalue weighted by molar-refractivity contribution is -0.130. The molecule has 0 aromatic carbocycles. The van der Waals surface area contributed by atoms with Crippen LogP contribution in [0.5, 0.6) is 0 Å². The van der Waals surface area contributed by atoms with E-state index in [1.807, 2.05) is 25.8 Å². The summed E-state index contributed by atoms with van der Waals surface area (Å²) in [4.78, 5) is 16.1. The van der Waals surface area contributed by atoms with Crippen LogP contribution in [0.25, 0.3) is 0 Å². The number of hydrogen-bond acceptors (Lipinski definition) is 3. The molecule has 1 aliphatic rings. The minimum absolute atomic E-state index is 0.220. The molecule has 4 heteroatoms. The molecule has 1 fully saturated rings. The summed E-state index contributed by atoms with van der Waals surface area (Å²) in [6, 6.07) is 0. The topological polar surface area (TPSA) is 49.6 Å². The van der Waals surface area contributed by atoms with Gasteiger partial charge in [-0.15, -0.1) is 0 Å². The zero-order valence-corrected chi connectivity index (χ0v) is 11.7. The number of nitrogens with two attached hydrogens (primary N) is 1. The van der Waals surface area contributed by atoms with E-state index in [1.54, 1.807) is 0 Å². The van der Waals surface area contributed by atoms with E-state index in [1.165, 1.54) is 6.42 Å². The highest BCUT2D eigenvalue weighted by molar-refractivity contribution is 5.75. The van der Waals surface area contributed by atoms with E-state index >= 15 is 0 Å². The lowest BCUT2D eigenvalue weighted by Crippen LogP contribution is -2.36. The Bertz CT molecular complexity index is 260. The number of likely N-dealkylation sites (tertiary alicyclic amines) is 1. The summed E-state index contributed by atoms with van der Waals surface area (Å²) in [7, 11) is 4.04. The number of nitrogens with zero attached hydrogens (tertiary/aromatic N) is 2. The number of amides is 1. The molecule has 0 aromatic rings. The standard InChI is InChI=1S/C13H27N3O/c1-13(2,14)7-5-12(17)16(4)10-11-6-8-15(3)9-11/h11H,5-10,14H2,1-4H3. The maximum atomic E-state index is 11.9. The van der Waals surface area contributed by atoms with Gasteiger partial charge < -0.3 is 15.5 Å². The van der Waals surface area contributed by atoms with Crippen molar-refractivity contribution in [3.8, 4) is 0 Å². The molecule has 17 heavy (non-hydrogen) atoms. The van der Waals surface area contributed by atoms with Crippen molar-refractivity contribution >= 4 is 5.91 Å². The van der Waals surface area contributed by atoms with Crippen molar-refractivity contribution in [3.05, 3.63) is 0 Å². The van der Waals surface area contributed by atoms with Crippen molar-refractivity contribution in [1.29, 1.82) is 0 Å². The lowest BCUT2D eigenvalue weighted by Gasteiger charge is -2.23. The number of hydrogen-bond donors (Lipinski definition) is 1. The summed E-state index contributed by atoms with van der Waals surface area (Å²) in [6.45, 7) is 7.08. The van der Waals surface area contributed by atoms with E-state index < -0.39 is 0 Å². The molecule has 0 bridgehead atoms. The highest BCUT2D eigenvalue weighted by Gasteiger charge is 2.23. The minimum atomic E-state index is -0.246. The van der Waals surface area contributed by atoms with Gasteiger partial charge in [0.1, 0.15) is 0 Å². The monoisotopic (exact) mass is 241 g/mol. The highest BCUT2D eigenvalue weighted by atomic mass is 16.2. The van der Waals surface area contributed by atoms with Gasteiger partial charge in [-0.25, -0.2) is 0 Å². The predicted octanol–water partition coefficient (Wildman–Crippen LogP) is 0.914. The van der Waals surface area contributed by atoms with Crippen LogP contribution in [-0.2, 0) is 4.79 Å². The van der Waals surface area contributed by atoms with Crippen LogP contribution in [0.15, 0.2) is 0 Å². The Balaban J connectivity index is 2.27. The van der Waals surface area contributed by atoms with Crippen molar-refractivity contribution in [1.82, 2.24) is 9.80 Å². The van der Waals surface area contributed by atoms with Crippen LogP contribution < -0.4 is 5.73 Å². The molecule has 0 spiro atoms. The average Bonchev–Trinajstić information content (AvgIpc) is 2.59. The van der Waals surface area contributed by atoms with Crippen LogP contribution in [0.1, 0.15) is 33.1 Å². The molecule has 1 aliphatic heterocycles. The summed E-state index contributed by atoms with van der Waals surface area (Å²) >= 11 is 0. The van der Waals surface area contributed by atoms with Gasteiger partial charge in [0.2, 0.25) is 5.91 Å². The molecule has 2 N–H and O–H groups in total. The number of carbonyl (C=O) groups is 1. The molecule has 1 atom stereocenters. The van der Waals surface area contributed by atoms with Crippen molar-refractivity contribution in [2.75, 3.05) is 33.7 Å². The average molecular weight is 241 g/mol. The van der Waals surface area contributed by atoms with E-state index in [0.29, 0.717) is 12.3 Å². The Morgan fingerprint density at radius 1 is 1.53 bits per heavy atom. The van der Waals surface area contributed by atoms with Crippen molar-refractivity contribution in [2.24, 2.45) is 11.7 Å². The van der Waals surface area contributed by atoms with Crippen LogP contribution in [0.2, 0.25) is 0 Å². The molecule has 100 valence electrons. The van der Waals surface area contributed by atoms with Gasteiger partial charge in [0.25, 0.3) is 0 Å². The van der Waals surface area contributed by atoms with Gasteiger partial charge in [0, 0.05) is 32.1 Å². The van der Waals surface area contributed by atoms with Crippen LogP contribution >= 0.6 is 0 Å². The molecule has 1 amide bonds. The SMILES string of the molecule is CN1CCC(CN(C)C(=O)CCC(C)(C)N)C1. The van der Waals surface area contributed by atoms with E-state index in [4.69, 9.17) is 5.73 Å². The molecule has 0 radical (unpaired) electrons. The van der Waals surface area contributed by atoms with Crippen LogP contribution in [0.3, 0.4) is 0 Å². The van der Waals surface area contributed by atoms with E-state index in [9.17, 15) is 4.79 Å². The molecular weight excluding hydrogens is 214 g/mol. The third-order valence-corrected chi connectivity index (χ3v) is 3.43. The molecular formula is C13H27N3O. The predicted molar refractivity (Wildman–Crippen MR) is 70.7 cm³/mol. The Morgan fingerprint density at radius 3 is 2.65 bits per heavy atom. The van der Waals surface area contributed by atoms with Gasteiger partial charge in [-0.2, -0.15) is 0 Å². The molecule has 4 nitrogen and oxygen atoms in total. The second kappa shape index (κ2) is 5.83. The maximum absolute atomic E-state index is 11.9. The van der Waals surface area contributed by atoms with Crippen LogP contribution in [0.4, 0.5) is 0 Å². The summed E-state index contributed by atoms with van der Waals surface area (Å²) in [5.74, 6) is 0.859. The molecule has 0 aromatic heterocycles. The Kier molecular flexibility index (Phi) is 4.95.